The molecule has 1 fully saturated rings. The lowest BCUT2D eigenvalue weighted by Crippen LogP contribution is -2.47. The van der Waals surface area contributed by atoms with E-state index >= 15 is 0 Å². The number of nitrogens with zero attached hydrogens (tertiary/aromatic N) is 4. The molecule has 1 N–H and O–H groups in total. The van der Waals surface area contributed by atoms with E-state index in [9.17, 15) is 9.59 Å². The molecule has 1 aromatic heterocycles. The van der Waals surface area contributed by atoms with E-state index in [1.54, 1.807) is 7.11 Å². The second kappa shape index (κ2) is 17.3. The van der Waals surface area contributed by atoms with Gasteiger partial charge in [0.05, 0.1) is 18.5 Å². The third-order valence-electron chi connectivity index (χ3n) is 9.60. The Kier molecular flexibility index (Phi) is 12.6. The van der Waals surface area contributed by atoms with Crippen molar-refractivity contribution in [3.05, 3.63) is 114 Å². The Hall–Kier alpha value is -4.99. The minimum Gasteiger partial charge on any atom is -0.495 e. The predicted molar refractivity (Wildman–Crippen MR) is 207 cm³/mol. The topological polar surface area (TPSA) is 87.5 Å². The molecule has 0 aliphatic carbocycles. The molecule has 5 aromatic rings. The Bertz CT molecular complexity index is 1930. The minimum absolute atomic E-state index is 0. The van der Waals surface area contributed by atoms with Crippen LogP contribution in [0.5, 0.6) is 11.5 Å². The Balaban J connectivity index is 0.00000504. The third-order valence-corrected chi connectivity index (χ3v) is 9.60. The van der Waals surface area contributed by atoms with E-state index in [4.69, 9.17) is 14.6 Å². The number of benzene rings is 4. The number of carboxylic acid groups (broad SMARTS) is 1. The molecule has 0 unspecified atom stereocenters. The van der Waals surface area contributed by atoms with Crippen LogP contribution < -0.4 is 19.3 Å². The summed E-state index contributed by atoms with van der Waals surface area (Å²) in [6.45, 7) is 7.52. The van der Waals surface area contributed by atoms with Crippen molar-refractivity contribution in [1.29, 1.82) is 0 Å². The van der Waals surface area contributed by atoms with Crippen LogP contribution in [0.25, 0.3) is 10.9 Å². The van der Waals surface area contributed by atoms with Gasteiger partial charge in [-0.2, -0.15) is 0 Å². The number of aryl methyl sites for hydroxylation is 2. The van der Waals surface area contributed by atoms with Gasteiger partial charge in [-0.3, -0.25) is 14.5 Å². The van der Waals surface area contributed by atoms with Crippen LogP contribution in [0.2, 0.25) is 0 Å². The third kappa shape index (κ3) is 8.67. The predicted octanol–water partition coefficient (Wildman–Crippen LogP) is 7.70. The number of anilines is 3. The molecule has 268 valence electrons. The number of aliphatic carboxylic acids is 1. The van der Waals surface area contributed by atoms with E-state index in [-0.39, 0.29) is 24.6 Å². The minimum atomic E-state index is -0.827. The second-order valence-electron chi connectivity index (χ2n) is 12.7. The number of halogens is 1. The molecule has 10 heteroatoms. The monoisotopic (exact) mass is 710 g/mol. The summed E-state index contributed by atoms with van der Waals surface area (Å²) in [7, 11) is 3.73. The first-order valence-electron chi connectivity index (χ1n) is 17.4. The number of ether oxygens (including phenoxy) is 2. The van der Waals surface area contributed by atoms with Crippen molar-refractivity contribution >= 4 is 52.1 Å². The van der Waals surface area contributed by atoms with E-state index in [2.05, 4.69) is 52.0 Å². The van der Waals surface area contributed by atoms with E-state index in [0.29, 0.717) is 36.4 Å². The average Bonchev–Trinajstić information content (AvgIpc) is 3.52. The Morgan fingerprint density at radius 3 is 2.31 bits per heavy atom. The maximum absolute atomic E-state index is 14.1. The van der Waals surface area contributed by atoms with Crippen molar-refractivity contribution in [2.24, 2.45) is 0 Å². The smallest absolute Gasteiger partial charge is 0.303 e. The number of hydrogen-bond acceptors (Lipinski definition) is 7. The van der Waals surface area contributed by atoms with Crippen molar-refractivity contribution in [1.82, 2.24) is 9.47 Å². The highest BCUT2D eigenvalue weighted by atomic mass is 35.5. The van der Waals surface area contributed by atoms with Gasteiger partial charge in [-0.25, -0.2) is 0 Å². The van der Waals surface area contributed by atoms with E-state index in [1.165, 1.54) is 5.56 Å². The summed E-state index contributed by atoms with van der Waals surface area (Å²) >= 11 is 0. The van der Waals surface area contributed by atoms with Crippen LogP contribution in [0, 0.1) is 0 Å². The van der Waals surface area contributed by atoms with Gasteiger partial charge in [0.25, 0.3) is 0 Å². The lowest BCUT2D eigenvalue weighted by atomic mass is 10.0. The molecule has 4 aromatic carbocycles. The van der Waals surface area contributed by atoms with Gasteiger partial charge in [-0.15, -0.1) is 12.4 Å². The first-order chi connectivity index (χ1) is 24.4. The molecule has 1 aliphatic heterocycles. The Labute approximate surface area is 306 Å². The largest absolute Gasteiger partial charge is 0.495 e. The van der Waals surface area contributed by atoms with E-state index in [1.807, 2.05) is 78.5 Å². The number of aromatic nitrogens is 1. The summed E-state index contributed by atoms with van der Waals surface area (Å²) < 4.78 is 14.1. The molecule has 0 bridgehead atoms. The first kappa shape index (κ1) is 37.3. The quantitative estimate of drug-likeness (QED) is 0.111. The number of hydrogen-bond donors (Lipinski definition) is 1. The van der Waals surface area contributed by atoms with Gasteiger partial charge in [0.2, 0.25) is 0 Å². The molecule has 0 spiro atoms. The first-order valence-corrected chi connectivity index (χ1v) is 17.4. The fourth-order valence-corrected chi connectivity index (χ4v) is 6.70. The Morgan fingerprint density at radius 2 is 1.59 bits per heavy atom. The fourth-order valence-electron chi connectivity index (χ4n) is 6.70. The average molecular weight is 711 g/mol. The van der Waals surface area contributed by atoms with Crippen molar-refractivity contribution in [3.63, 3.8) is 0 Å². The van der Waals surface area contributed by atoms with Gasteiger partial charge in [-0.05, 0) is 66.9 Å². The summed E-state index contributed by atoms with van der Waals surface area (Å²) in [4.78, 5) is 32.2. The van der Waals surface area contributed by atoms with Gasteiger partial charge in [0.15, 0.2) is 5.78 Å². The molecule has 9 nitrogen and oxygen atoms in total. The van der Waals surface area contributed by atoms with Crippen molar-refractivity contribution in [2.45, 2.75) is 32.7 Å². The summed E-state index contributed by atoms with van der Waals surface area (Å²) in [5.41, 5.74) is 6.34. The summed E-state index contributed by atoms with van der Waals surface area (Å²) in [6.07, 6.45) is 3.38. The van der Waals surface area contributed by atoms with Crippen LogP contribution in [0.3, 0.4) is 0 Å². The number of ketones is 1. The van der Waals surface area contributed by atoms with Crippen LogP contribution >= 0.6 is 12.4 Å². The zero-order chi connectivity index (χ0) is 35.0. The maximum Gasteiger partial charge on any atom is 0.303 e. The second-order valence-corrected chi connectivity index (χ2v) is 12.7. The van der Waals surface area contributed by atoms with E-state index < -0.39 is 5.97 Å². The maximum atomic E-state index is 14.1. The summed E-state index contributed by atoms with van der Waals surface area (Å²) in [6, 6.07) is 30.1. The molecular formula is C41H47ClN4O5. The SMILES string of the molecule is CCc1ccc(N(C)c2ccc(C(=O)c3cn(CCCC(=O)O)c4ccccc34)cc2OCCN2CCN(c3ccccc3OC)CC2)cc1.Cl. The number of carbonyl (C=O) groups excluding carboxylic acids is 1. The summed E-state index contributed by atoms with van der Waals surface area (Å²) in [5, 5.41) is 10.00. The van der Waals surface area contributed by atoms with Crippen LogP contribution in [-0.4, -0.2) is 79.8 Å². The van der Waals surface area contributed by atoms with Crippen molar-refractivity contribution in [2.75, 3.05) is 63.3 Å². The summed E-state index contributed by atoms with van der Waals surface area (Å²) in [5.74, 6) is 0.613. The van der Waals surface area contributed by atoms with Crippen LogP contribution in [-0.2, 0) is 17.8 Å². The van der Waals surface area contributed by atoms with Crippen LogP contribution in [0.4, 0.5) is 17.1 Å². The number of carboxylic acids is 1. The molecule has 0 atom stereocenters. The Morgan fingerprint density at radius 1 is 0.863 bits per heavy atom. The van der Waals surface area contributed by atoms with Gasteiger partial charge in [0, 0.05) is 86.7 Å². The highest BCUT2D eigenvalue weighted by molar-refractivity contribution is 6.16. The number of methoxy groups -OCH3 is 1. The van der Waals surface area contributed by atoms with Gasteiger partial charge in [0.1, 0.15) is 18.1 Å². The lowest BCUT2D eigenvalue weighted by molar-refractivity contribution is -0.137. The number of fused-ring (bicyclic) bond motifs is 1. The zero-order valence-electron chi connectivity index (χ0n) is 29.6. The number of para-hydroxylation sites is 3. The van der Waals surface area contributed by atoms with Gasteiger partial charge in [-0.1, -0.05) is 49.4 Å². The van der Waals surface area contributed by atoms with Gasteiger partial charge < -0.3 is 28.9 Å². The molecule has 2 heterocycles. The normalized spacial score (nSPS) is 13.1. The molecular weight excluding hydrogens is 664 g/mol. The zero-order valence-corrected chi connectivity index (χ0v) is 30.4. The number of piperazine rings is 1. The number of rotatable bonds is 15. The lowest BCUT2D eigenvalue weighted by Gasteiger charge is -2.36. The fraction of sp³-hybridized carbons (Fsp3) is 0.317. The molecule has 51 heavy (non-hydrogen) atoms. The molecule has 1 aliphatic rings. The molecule has 1 saturated heterocycles. The van der Waals surface area contributed by atoms with Crippen LogP contribution in [0.1, 0.15) is 41.3 Å². The van der Waals surface area contributed by atoms with Crippen molar-refractivity contribution < 1.29 is 24.2 Å². The molecule has 0 saturated carbocycles. The molecule has 0 amide bonds. The highest BCUT2D eigenvalue weighted by Gasteiger charge is 2.22. The molecule has 0 radical (unpaired) electrons. The van der Waals surface area contributed by atoms with Gasteiger partial charge >= 0.3 is 5.97 Å². The standard InChI is InChI=1S/C41H46N4O5.ClH/c1-4-30-15-18-32(19-16-30)42(2)36-20-17-31(41(48)34-29-45(21-9-14-40(46)47)35-11-6-5-10-33(34)35)28-39(36)50-27-26-43-22-24-44(25-23-43)37-12-7-8-13-38(37)49-3;/h5-8,10-13,15-20,28-29H,4,9,14,21-27H2,1-3H3,(H,46,47);1H. The van der Waals surface area contributed by atoms with Crippen LogP contribution in [0.15, 0.2) is 97.2 Å². The molecule has 6 rings (SSSR count). The van der Waals surface area contributed by atoms with E-state index in [0.717, 1.165) is 72.9 Å². The highest BCUT2D eigenvalue weighted by Crippen LogP contribution is 2.35. The van der Waals surface area contributed by atoms with Crippen molar-refractivity contribution in [3.8, 4) is 11.5 Å². The number of carbonyl (C=O) groups is 2.